The summed E-state index contributed by atoms with van der Waals surface area (Å²) < 4.78 is 5.18. The van der Waals surface area contributed by atoms with Gasteiger partial charge >= 0.3 is 0 Å². The molecule has 0 aromatic rings. The first kappa shape index (κ1) is 7.26. The molecular weight excluding hydrogens is 158 g/mol. The van der Waals surface area contributed by atoms with E-state index >= 15 is 0 Å². The second-order valence-electron chi connectivity index (χ2n) is 2.23. The molecule has 0 aliphatic carbocycles. The van der Waals surface area contributed by atoms with Crippen molar-refractivity contribution in [1.29, 1.82) is 0 Å². The molecule has 0 fully saturated rings. The van der Waals surface area contributed by atoms with Crippen molar-refractivity contribution in [3.63, 3.8) is 0 Å². The van der Waals surface area contributed by atoms with E-state index in [9.17, 15) is 0 Å². The van der Waals surface area contributed by atoms with Gasteiger partial charge in [0.25, 0.3) is 5.72 Å². The van der Waals surface area contributed by atoms with Crippen LogP contribution in [0, 0.1) is 0 Å². The molecule has 0 aromatic heterocycles. The van der Waals surface area contributed by atoms with Crippen molar-refractivity contribution in [1.82, 2.24) is 0 Å². The SMILES string of the molecule is NCOC12C=NC=NC1=NC=N2. The molecule has 2 aliphatic rings. The van der Waals surface area contributed by atoms with Crippen molar-refractivity contribution in [3.8, 4) is 0 Å². The second-order valence-corrected chi connectivity index (χ2v) is 2.23. The van der Waals surface area contributed by atoms with Gasteiger partial charge in [-0.3, -0.25) is 0 Å². The molecule has 0 bridgehead atoms. The van der Waals surface area contributed by atoms with Crippen LogP contribution in [0.2, 0.25) is 0 Å². The molecule has 0 spiro atoms. The summed E-state index contributed by atoms with van der Waals surface area (Å²) in [5, 5.41) is 0. The Morgan fingerprint density at radius 3 is 3.25 bits per heavy atom. The first-order chi connectivity index (χ1) is 5.87. The summed E-state index contributed by atoms with van der Waals surface area (Å²) in [7, 11) is 0. The Hall–Kier alpha value is -1.40. The monoisotopic (exact) mass is 165 g/mol. The molecule has 6 heteroatoms. The molecule has 12 heavy (non-hydrogen) atoms. The third-order valence-corrected chi connectivity index (χ3v) is 1.55. The van der Waals surface area contributed by atoms with Gasteiger partial charge in [0.2, 0.25) is 0 Å². The summed E-state index contributed by atoms with van der Waals surface area (Å²) in [5.41, 5.74) is 4.29. The lowest BCUT2D eigenvalue weighted by Gasteiger charge is -2.21. The lowest BCUT2D eigenvalue weighted by molar-refractivity contribution is 0.0727. The standard InChI is InChI=1S/C6H7N5O/c7-2-12-6-1-8-3-9-5(6)10-4-11-6/h1,3-4H,2,7H2. The van der Waals surface area contributed by atoms with E-state index in [1.165, 1.54) is 18.9 Å². The molecule has 2 N–H and O–H groups in total. The van der Waals surface area contributed by atoms with Crippen LogP contribution in [-0.4, -0.2) is 37.2 Å². The van der Waals surface area contributed by atoms with Crippen LogP contribution in [0.3, 0.4) is 0 Å². The van der Waals surface area contributed by atoms with Gasteiger partial charge in [-0.05, 0) is 0 Å². The topological polar surface area (TPSA) is 84.7 Å². The molecule has 2 rings (SSSR count). The van der Waals surface area contributed by atoms with Gasteiger partial charge in [0.15, 0.2) is 5.84 Å². The minimum Gasteiger partial charge on any atom is -0.327 e. The van der Waals surface area contributed by atoms with Crippen LogP contribution in [0.4, 0.5) is 0 Å². The van der Waals surface area contributed by atoms with Gasteiger partial charge in [0.05, 0.1) is 12.9 Å². The smallest absolute Gasteiger partial charge is 0.259 e. The predicted molar refractivity (Wildman–Crippen MR) is 45.8 cm³/mol. The van der Waals surface area contributed by atoms with E-state index in [0.717, 1.165) is 0 Å². The molecule has 2 heterocycles. The third-order valence-electron chi connectivity index (χ3n) is 1.55. The van der Waals surface area contributed by atoms with E-state index in [0.29, 0.717) is 5.84 Å². The van der Waals surface area contributed by atoms with Crippen molar-refractivity contribution >= 4 is 24.7 Å². The van der Waals surface area contributed by atoms with Gasteiger partial charge in [-0.15, -0.1) is 0 Å². The molecule has 1 unspecified atom stereocenters. The predicted octanol–water partition coefficient (Wildman–Crippen LogP) is -0.831. The Morgan fingerprint density at radius 2 is 2.42 bits per heavy atom. The highest BCUT2D eigenvalue weighted by Crippen LogP contribution is 2.19. The number of nitrogens with zero attached hydrogens (tertiary/aromatic N) is 4. The van der Waals surface area contributed by atoms with Crippen molar-refractivity contribution in [2.24, 2.45) is 25.7 Å². The Labute approximate surface area is 68.6 Å². The van der Waals surface area contributed by atoms with Gasteiger partial charge in [-0.1, -0.05) is 0 Å². The minimum atomic E-state index is -0.955. The highest BCUT2D eigenvalue weighted by Gasteiger charge is 2.38. The zero-order valence-electron chi connectivity index (χ0n) is 6.21. The molecule has 0 saturated carbocycles. The van der Waals surface area contributed by atoms with E-state index in [2.05, 4.69) is 20.0 Å². The Balaban J connectivity index is 2.34. The van der Waals surface area contributed by atoms with Gasteiger partial charge in [0.1, 0.15) is 12.7 Å². The molecule has 0 radical (unpaired) electrons. The number of hydrogen-bond acceptors (Lipinski definition) is 6. The zero-order valence-corrected chi connectivity index (χ0v) is 6.21. The molecule has 62 valence electrons. The van der Waals surface area contributed by atoms with Crippen molar-refractivity contribution in [2.45, 2.75) is 5.72 Å². The van der Waals surface area contributed by atoms with Gasteiger partial charge in [0, 0.05) is 0 Å². The number of nitrogens with two attached hydrogens (primary N) is 1. The normalized spacial score (nSPS) is 30.6. The highest BCUT2D eigenvalue weighted by atomic mass is 16.5. The fourth-order valence-corrected chi connectivity index (χ4v) is 1.02. The number of amidine groups is 1. The zero-order chi connectivity index (χ0) is 8.44. The van der Waals surface area contributed by atoms with E-state index in [1.807, 2.05) is 0 Å². The van der Waals surface area contributed by atoms with Crippen LogP contribution >= 0.6 is 0 Å². The summed E-state index contributed by atoms with van der Waals surface area (Å²) in [6, 6.07) is 0. The van der Waals surface area contributed by atoms with Crippen molar-refractivity contribution in [2.75, 3.05) is 6.73 Å². The van der Waals surface area contributed by atoms with E-state index in [-0.39, 0.29) is 6.73 Å². The first-order valence-corrected chi connectivity index (χ1v) is 3.40. The Bertz CT molecular complexity index is 305. The molecule has 0 amide bonds. The summed E-state index contributed by atoms with van der Waals surface area (Å²) in [4.78, 5) is 15.6. The molecule has 1 atom stereocenters. The maximum absolute atomic E-state index is 5.25. The third kappa shape index (κ3) is 0.892. The van der Waals surface area contributed by atoms with Crippen LogP contribution in [0.25, 0.3) is 0 Å². The Morgan fingerprint density at radius 1 is 1.50 bits per heavy atom. The van der Waals surface area contributed by atoms with Gasteiger partial charge in [-0.2, -0.15) is 0 Å². The maximum Gasteiger partial charge on any atom is 0.259 e. The van der Waals surface area contributed by atoms with Crippen LogP contribution in [-0.2, 0) is 4.74 Å². The van der Waals surface area contributed by atoms with Crippen LogP contribution in [0.15, 0.2) is 20.0 Å². The van der Waals surface area contributed by atoms with Crippen LogP contribution < -0.4 is 5.73 Å². The number of rotatable bonds is 2. The maximum atomic E-state index is 5.25. The molecule has 0 aromatic carbocycles. The highest BCUT2D eigenvalue weighted by molar-refractivity contribution is 6.16. The van der Waals surface area contributed by atoms with Crippen molar-refractivity contribution in [3.05, 3.63) is 0 Å². The van der Waals surface area contributed by atoms with Crippen LogP contribution in [0.5, 0.6) is 0 Å². The van der Waals surface area contributed by atoms with Gasteiger partial charge in [-0.25, -0.2) is 20.0 Å². The van der Waals surface area contributed by atoms with E-state index in [4.69, 9.17) is 10.5 Å². The van der Waals surface area contributed by atoms with E-state index < -0.39 is 5.72 Å². The lowest BCUT2D eigenvalue weighted by Crippen LogP contribution is -2.41. The fourth-order valence-electron chi connectivity index (χ4n) is 1.02. The molecule has 0 saturated heterocycles. The minimum absolute atomic E-state index is 0.0535. The second kappa shape index (κ2) is 2.58. The summed E-state index contributed by atoms with van der Waals surface area (Å²) in [6.07, 6.45) is 4.31. The van der Waals surface area contributed by atoms with Crippen molar-refractivity contribution < 1.29 is 4.74 Å². The summed E-state index contributed by atoms with van der Waals surface area (Å²) >= 11 is 0. The average Bonchev–Trinajstić information content (AvgIpc) is 2.48. The summed E-state index contributed by atoms with van der Waals surface area (Å²) in [6.45, 7) is 0.0535. The Kier molecular flexibility index (Phi) is 1.56. The molecule has 6 nitrogen and oxygen atoms in total. The van der Waals surface area contributed by atoms with Gasteiger partial charge < -0.3 is 10.5 Å². The number of hydrogen-bond donors (Lipinski definition) is 1. The fraction of sp³-hybridized carbons (Fsp3) is 0.333. The number of fused-ring (bicyclic) bond motifs is 1. The lowest BCUT2D eigenvalue weighted by atomic mass is 10.2. The quantitative estimate of drug-likeness (QED) is 0.541. The number of ether oxygens (including phenoxy) is 1. The first-order valence-electron chi connectivity index (χ1n) is 3.40. The summed E-state index contributed by atoms with van der Waals surface area (Å²) in [5.74, 6) is 0.475. The number of aliphatic imine (C=N–C) groups is 4. The average molecular weight is 165 g/mol. The molecule has 2 aliphatic heterocycles. The molecular formula is C6H7N5O. The van der Waals surface area contributed by atoms with E-state index in [1.54, 1.807) is 0 Å². The van der Waals surface area contributed by atoms with Crippen LogP contribution in [0.1, 0.15) is 0 Å². The largest absolute Gasteiger partial charge is 0.327 e.